The highest BCUT2D eigenvalue weighted by atomic mass is 14.1. The molecule has 68 valence electrons. The molecule has 13 heavy (non-hydrogen) atoms. The van der Waals surface area contributed by atoms with Crippen LogP contribution in [0.1, 0.15) is 24.5 Å². The van der Waals surface area contributed by atoms with Crippen molar-refractivity contribution in [1.29, 1.82) is 0 Å². The van der Waals surface area contributed by atoms with Crippen molar-refractivity contribution in [3.8, 4) is 0 Å². The number of allylic oxidation sites excluding steroid dienone is 2. The highest BCUT2D eigenvalue weighted by molar-refractivity contribution is 5.67. The summed E-state index contributed by atoms with van der Waals surface area (Å²) in [5.74, 6) is 0. The number of rotatable bonds is 3. The van der Waals surface area contributed by atoms with Crippen LogP contribution in [0.3, 0.4) is 0 Å². The van der Waals surface area contributed by atoms with Crippen LogP contribution < -0.4 is 0 Å². The van der Waals surface area contributed by atoms with Crippen LogP contribution in [0.5, 0.6) is 0 Å². The number of hydrogen-bond acceptors (Lipinski definition) is 0. The summed E-state index contributed by atoms with van der Waals surface area (Å²) in [6.45, 7) is 12.1. The van der Waals surface area contributed by atoms with Crippen molar-refractivity contribution in [2.75, 3.05) is 0 Å². The van der Waals surface area contributed by atoms with Gasteiger partial charge < -0.3 is 0 Å². The maximum atomic E-state index is 4.07. The second-order valence-electron chi connectivity index (χ2n) is 3.55. The van der Waals surface area contributed by atoms with Gasteiger partial charge in [0, 0.05) is 0 Å². The smallest absolute Gasteiger partial charge is 0.00724 e. The summed E-state index contributed by atoms with van der Waals surface area (Å²) < 4.78 is 0. The fraction of sp³-hybridized carbons (Fsp3) is 0.231. The zero-order chi connectivity index (χ0) is 9.84. The molecule has 0 atom stereocenters. The maximum Gasteiger partial charge on any atom is -0.00724 e. The van der Waals surface area contributed by atoms with Crippen molar-refractivity contribution >= 4 is 5.57 Å². The second-order valence-corrected chi connectivity index (χ2v) is 3.55. The van der Waals surface area contributed by atoms with E-state index < -0.39 is 0 Å². The summed E-state index contributed by atoms with van der Waals surface area (Å²) in [4.78, 5) is 0. The predicted molar refractivity (Wildman–Crippen MR) is 59.6 cm³/mol. The van der Waals surface area contributed by atoms with Crippen LogP contribution >= 0.6 is 0 Å². The Morgan fingerprint density at radius 3 is 2.38 bits per heavy atom. The van der Waals surface area contributed by atoms with E-state index in [1.165, 1.54) is 11.1 Å². The van der Waals surface area contributed by atoms with Gasteiger partial charge in [-0.25, -0.2) is 0 Å². The normalized spacial score (nSPS) is 9.69. The van der Waals surface area contributed by atoms with Crippen molar-refractivity contribution < 1.29 is 0 Å². The van der Waals surface area contributed by atoms with E-state index in [2.05, 4.69) is 32.2 Å². The fourth-order valence-electron chi connectivity index (χ4n) is 1.43. The molecule has 0 aliphatic heterocycles. The average Bonchev–Trinajstić information content (AvgIpc) is 2.03. The van der Waals surface area contributed by atoms with E-state index in [4.69, 9.17) is 0 Å². The lowest BCUT2D eigenvalue weighted by Crippen LogP contribution is -1.87. The quantitative estimate of drug-likeness (QED) is 0.605. The van der Waals surface area contributed by atoms with Gasteiger partial charge in [0.2, 0.25) is 0 Å². The summed E-state index contributed by atoms with van der Waals surface area (Å²) in [6.07, 6.45) is 0.894. The van der Waals surface area contributed by atoms with Crippen LogP contribution in [0.4, 0.5) is 0 Å². The van der Waals surface area contributed by atoms with E-state index in [1.54, 1.807) is 0 Å². The van der Waals surface area contributed by atoms with Crippen LogP contribution in [0, 0.1) is 6.92 Å². The van der Waals surface area contributed by atoms with Gasteiger partial charge >= 0.3 is 0 Å². The van der Waals surface area contributed by atoms with Gasteiger partial charge in [-0.15, -0.1) is 0 Å². The Morgan fingerprint density at radius 2 is 1.85 bits per heavy atom. The van der Waals surface area contributed by atoms with Gasteiger partial charge in [-0.3, -0.25) is 0 Å². The Morgan fingerprint density at radius 1 is 1.23 bits per heavy atom. The molecule has 0 saturated carbocycles. The first kappa shape index (κ1) is 9.79. The Kier molecular flexibility index (Phi) is 3.07. The monoisotopic (exact) mass is 172 g/mol. The Hall–Kier alpha value is -1.30. The van der Waals surface area contributed by atoms with Gasteiger partial charge in [0.05, 0.1) is 0 Å². The average molecular weight is 172 g/mol. The first-order valence-corrected chi connectivity index (χ1v) is 4.49. The minimum Gasteiger partial charge on any atom is -0.0998 e. The zero-order valence-corrected chi connectivity index (χ0v) is 8.43. The van der Waals surface area contributed by atoms with Gasteiger partial charge in [0.25, 0.3) is 0 Å². The molecule has 0 unspecified atom stereocenters. The summed E-state index contributed by atoms with van der Waals surface area (Å²) in [5.41, 5.74) is 4.86. The standard InChI is InChI=1S/C13H16/c1-10(2)9-12(4)13-8-6-5-7-11(13)3/h5-8H,1,4,9H2,2-3H3. The summed E-state index contributed by atoms with van der Waals surface area (Å²) in [7, 11) is 0. The largest absolute Gasteiger partial charge is 0.0998 e. The zero-order valence-electron chi connectivity index (χ0n) is 8.43. The van der Waals surface area contributed by atoms with Crippen LogP contribution in [0.25, 0.3) is 5.57 Å². The Labute approximate surface area is 80.6 Å². The van der Waals surface area contributed by atoms with Crippen LogP contribution in [-0.4, -0.2) is 0 Å². The van der Waals surface area contributed by atoms with Crippen molar-refractivity contribution in [1.82, 2.24) is 0 Å². The molecule has 0 bridgehead atoms. The molecule has 0 spiro atoms. The number of benzene rings is 1. The van der Waals surface area contributed by atoms with E-state index >= 15 is 0 Å². The van der Waals surface area contributed by atoms with Crippen LogP contribution in [0.2, 0.25) is 0 Å². The molecule has 0 N–H and O–H groups in total. The summed E-state index contributed by atoms with van der Waals surface area (Å²) in [6, 6.07) is 8.32. The van der Waals surface area contributed by atoms with Gasteiger partial charge in [-0.05, 0) is 37.0 Å². The summed E-state index contributed by atoms with van der Waals surface area (Å²) >= 11 is 0. The molecular formula is C13H16. The molecule has 0 saturated heterocycles. The molecule has 0 nitrogen and oxygen atoms in total. The van der Waals surface area contributed by atoms with Crippen molar-refractivity contribution in [2.24, 2.45) is 0 Å². The molecule has 0 aliphatic carbocycles. The topological polar surface area (TPSA) is 0 Å². The fourth-order valence-corrected chi connectivity index (χ4v) is 1.43. The molecule has 1 rings (SSSR count). The molecule has 0 fully saturated rings. The molecule has 0 radical (unpaired) electrons. The van der Waals surface area contributed by atoms with E-state index in [-0.39, 0.29) is 0 Å². The lowest BCUT2D eigenvalue weighted by Gasteiger charge is -2.08. The SMILES string of the molecule is C=C(C)CC(=C)c1ccccc1C. The molecule has 0 amide bonds. The first-order valence-electron chi connectivity index (χ1n) is 4.49. The molecule has 0 heteroatoms. The van der Waals surface area contributed by atoms with Crippen molar-refractivity contribution in [2.45, 2.75) is 20.3 Å². The Balaban J connectivity index is 2.89. The van der Waals surface area contributed by atoms with Crippen LogP contribution in [0.15, 0.2) is 43.0 Å². The summed E-state index contributed by atoms with van der Waals surface area (Å²) in [5, 5.41) is 0. The molecular weight excluding hydrogens is 156 g/mol. The molecule has 0 aromatic heterocycles. The minimum atomic E-state index is 0.894. The third kappa shape index (κ3) is 2.59. The Bertz CT molecular complexity index is 332. The third-order valence-corrected chi connectivity index (χ3v) is 2.04. The molecule has 0 aliphatic rings. The van der Waals surface area contributed by atoms with Gasteiger partial charge in [0.1, 0.15) is 0 Å². The van der Waals surface area contributed by atoms with E-state index in [9.17, 15) is 0 Å². The van der Waals surface area contributed by atoms with E-state index in [0.29, 0.717) is 0 Å². The lowest BCUT2D eigenvalue weighted by molar-refractivity contribution is 1.23. The third-order valence-electron chi connectivity index (χ3n) is 2.04. The molecule has 0 heterocycles. The minimum absolute atomic E-state index is 0.894. The van der Waals surface area contributed by atoms with Crippen LogP contribution in [-0.2, 0) is 0 Å². The lowest BCUT2D eigenvalue weighted by atomic mass is 9.97. The number of hydrogen-bond donors (Lipinski definition) is 0. The highest BCUT2D eigenvalue weighted by Gasteiger charge is 2.01. The van der Waals surface area contributed by atoms with Gasteiger partial charge in [0.15, 0.2) is 0 Å². The second kappa shape index (κ2) is 4.08. The molecule has 1 aromatic carbocycles. The highest BCUT2D eigenvalue weighted by Crippen LogP contribution is 2.22. The molecule has 1 aromatic rings. The first-order chi connectivity index (χ1) is 6.11. The van der Waals surface area contributed by atoms with Crippen molar-refractivity contribution in [3.05, 3.63) is 54.1 Å². The predicted octanol–water partition coefficient (Wildman–Crippen LogP) is 3.97. The maximum absolute atomic E-state index is 4.07. The van der Waals surface area contributed by atoms with Gasteiger partial charge in [-0.2, -0.15) is 0 Å². The van der Waals surface area contributed by atoms with E-state index in [1.807, 2.05) is 19.1 Å². The van der Waals surface area contributed by atoms with Crippen molar-refractivity contribution in [3.63, 3.8) is 0 Å². The number of aryl methyl sites for hydroxylation is 1. The van der Waals surface area contributed by atoms with Gasteiger partial charge in [-0.1, -0.05) is 43.0 Å². The van der Waals surface area contributed by atoms with E-state index in [0.717, 1.165) is 17.6 Å².